The van der Waals surface area contributed by atoms with Crippen LogP contribution in [0, 0.1) is 0 Å². The first-order valence-electron chi connectivity index (χ1n) is 4.76. The predicted molar refractivity (Wildman–Crippen MR) is 52.0 cm³/mol. The Morgan fingerprint density at radius 3 is 2.40 bits per heavy atom. The van der Waals surface area contributed by atoms with E-state index in [9.17, 15) is 13.2 Å². The molecule has 1 rings (SSSR count). The van der Waals surface area contributed by atoms with Crippen molar-refractivity contribution in [2.45, 2.75) is 32.5 Å². The topological polar surface area (TPSA) is 9.23 Å². The number of hydrogen-bond donors (Lipinski definition) is 0. The Morgan fingerprint density at radius 2 is 1.87 bits per heavy atom. The van der Waals surface area contributed by atoms with Crippen LogP contribution in [0.15, 0.2) is 24.3 Å². The van der Waals surface area contributed by atoms with Gasteiger partial charge < -0.3 is 4.74 Å². The first kappa shape index (κ1) is 11.9. The molecule has 84 valence electrons. The number of para-hydroxylation sites is 1. The third-order valence-corrected chi connectivity index (χ3v) is 2.12. The van der Waals surface area contributed by atoms with Crippen LogP contribution in [0.3, 0.4) is 0 Å². The van der Waals surface area contributed by atoms with Gasteiger partial charge in [0.05, 0.1) is 0 Å². The highest BCUT2D eigenvalue weighted by Gasteiger charge is 2.38. The predicted octanol–water partition coefficient (Wildman–Crippen LogP) is 3.58. The number of alkyl halides is 3. The maximum absolute atomic E-state index is 12.2. The van der Waals surface area contributed by atoms with E-state index >= 15 is 0 Å². The second-order valence-electron chi connectivity index (χ2n) is 3.26. The molecule has 0 saturated carbocycles. The summed E-state index contributed by atoms with van der Waals surface area (Å²) in [5, 5.41) is 0. The molecule has 0 amide bonds. The van der Waals surface area contributed by atoms with Gasteiger partial charge in [-0.05, 0) is 25.0 Å². The Labute approximate surface area is 86.9 Å². The molecule has 1 aromatic rings. The Morgan fingerprint density at radius 1 is 1.27 bits per heavy atom. The third kappa shape index (κ3) is 3.15. The van der Waals surface area contributed by atoms with Gasteiger partial charge in [-0.15, -0.1) is 0 Å². The normalized spacial score (nSPS) is 13.7. The lowest BCUT2D eigenvalue weighted by molar-refractivity contribution is -0.189. The van der Waals surface area contributed by atoms with Crippen molar-refractivity contribution in [3.05, 3.63) is 29.8 Å². The molecule has 0 aliphatic heterocycles. The minimum Gasteiger partial charge on any atom is -0.481 e. The van der Waals surface area contributed by atoms with Crippen molar-refractivity contribution in [3.63, 3.8) is 0 Å². The molecule has 0 aliphatic rings. The molecule has 1 aromatic carbocycles. The summed E-state index contributed by atoms with van der Waals surface area (Å²) in [5.74, 6) is 0.310. The highest BCUT2D eigenvalue weighted by molar-refractivity contribution is 5.33. The van der Waals surface area contributed by atoms with E-state index in [0.29, 0.717) is 12.2 Å². The summed E-state index contributed by atoms with van der Waals surface area (Å²) >= 11 is 0. The molecule has 0 aliphatic carbocycles. The van der Waals surface area contributed by atoms with Crippen molar-refractivity contribution >= 4 is 0 Å². The monoisotopic (exact) mass is 218 g/mol. The minimum atomic E-state index is -4.32. The number of benzene rings is 1. The molecule has 0 spiro atoms. The van der Waals surface area contributed by atoms with Crippen LogP contribution in [0.1, 0.15) is 19.4 Å². The molecule has 4 heteroatoms. The minimum absolute atomic E-state index is 0.310. The Kier molecular flexibility index (Phi) is 3.61. The van der Waals surface area contributed by atoms with E-state index in [1.54, 1.807) is 24.3 Å². The smallest absolute Gasteiger partial charge is 0.425 e. The van der Waals surface area contributed by atoms with E-state index in [-0.39, 0.29) is 0 Å². The van der Waals surface area contributed by atoms with Gasteiger partial charge in [0.2, 0.25) is 0 Å². The molecule has 0 N–H and O–H groups in total. The van der Waals surface area contributed by atoms with E-state index in [1.807, 2.05) is 6.92 Å². The fraction of sp³-hybridized carbons (Fsp3) is 0.455. The van der Waals surface area contributed by atoms with Gasteiger partial charge in [0.1, 0.15) is 5.75 Å². The van der Waals surface area contributed by atoms with Crippen molar-refractivity contribution in [1.29, 1.82) is 0 Å². The van der Waals surface area contributed by atoms with Crippen LogP contribution >= 0.6 is 0 Å². The van der Waals surface area contributed by atoms with Crippen molar-refractivity contribution in [3.8, 4) is 5.75 Å². The summed E-state index contributed by atoms with van der Waals surface area (Å²) in [6.45, 7) is 2.88. The summed E-state index contributed by atoms with van der Waals surface area (Å²) in [6, 6.07) is 6.76. The molecule has 0 radical (unpaired) electrons. The van der Waals surface area contributed by atoms with Crippen molar-refractivity contribution < 1.29 is 17.9 Å². The highest BCUT2D eigenvalue weighted by Crippen LogP contribution is 2.27. The lowest BCUT2D eigenvalue weighted by Gasteiger charge is -2.19. The fourth-order valence-corrected chi connectivity index (χ4v) is 1.17. The lowest BCUT2D eigenvalue weighted by atomic mass is 10.1. The van der Waals surface area contributed by atoms with Crippen molar-refractivity contribution in [2.24, 2.45) is 0 Å². The molecular formula is C11H13F3O. The van der Waals surface area contributed by atoms with Crippen molar-refractivity contribution in [2.75, 3.05) is 0 Å². The van der Waals surface area contributed by atoms with Gasteiger partial charge in [-0.3, -0.25) is 0 Å². The SMILES string of the molecule is CCc1ccccc1OC(C)C(F)(F)F. The third-order valence-electron chi connectivity index (χ3n) is 2.12. The molecule has 1 atom stereocenters. The summed E-state index contributed by atoms with van der Waals surface area (Å²) in [7, 11) is 0. The highest BCUT2D eigenvalue weighted by atomic mass is 19.4. The van der Waals surface area contributed by atoms with Crippen LogP contribution < -0.4 is 4.74 Å². The molecule has 0 bridgehead atoms. The first-order valence-corrected chi connectivity index (χ1v) is 4.76. The Hall–Kier alpha value is -1.19. The van der Waals surface area contributed by atoms with E-state index < -0.39 is 12.3 Å². The molecule has 1 unspecified atom stereocenters. The largest absolute Gasteiger partial charge is 0.481 e. The van der Waals surface area contributed by atoms with Crippen LogP contribution in [0.5, 0.6) is 5.75 Å². The zero-order chi connectivity index (χ0) is 11.5. The molecule has 0 aromatic heterocycles. The quantitative estimate of drug-likeness (QED) is 0.753. The number of hydrogen-bond acceptors (Lipinski definition) is 1. The molecule has 15 heavy (non-hydrogen) atoms. The van der Waals surface area contributed by atoms with E-state index in [1.165, 1.54) is 0 Å². The standard InChI is InChI=1S/C11H13F3O/c1-3-9-6-4-5-7-10(9)15-8(2)11(12,13)14/h4-8H,3H2,1-2H3. The maximum atomic E-state index is 12.2. The van der Waals surface area contributed by atoms with Crippen molar-refractivity contribution in [1.82, 2.24) is 0 Å². The van der Waals surface area contributed by atoms with Gasteiger partial charge in [0.15, 0.2) is 6.10 Å². The number of halogens is 3. The van der Waals surface area contributed by atoms with E-state index in [0.717, 1.165) is 12.5 Å². The van der Waals surface area contributed by atoms with E-state index in [4.69, 9.17) is 4.74 Å². The Bertz CT molecular complexity index is 320. The van der Waals surface area contributed by atoms with E-state index in [2.05, 4.69) is 0 Å². The molecular weight excluding hydrogens is 205 g/mol. The van der Waals surface area contributed by atoms with Gasteiger partial charge in [0.25, 0.3) is 0 Å². The zero-order valence-corrected chi connectivity index (χ0v) is 8.64. The number of rotatable bonds is 3. The average molecular weight is 218 g/mol. The van der Waals surface area contributed by atoms with Gasteiger partial charge in [-0.2, -0.15) is 13.2 Å². The summed E-state index contributed by atoms with van der Waals surface area (Å²) < 4.78 is 41.6. The Balaban J connectivity index is 2.80. The molecule has 0 fully saturated rings. The fourth-order valence-electron chi connectivity index (χ4n) is 1.17. The number of ether oxygens (including phenoxy) is 1. The van der Waals surface area contributed by atoms with Crippen LogP contribution in [-0.2, 0) is 6.42 Å². The zero-order valence-electron chi connectivity index (χ0n) is 8.64. The van der Waals surface area contributed by atoms with Gasteiger partial charge in [0, 0.05) is 0 Å². The van der Waals surface area contributed by atoms with Crippen LogP contribution in [0.25, 0.3) is 0 Å². The molecule has 0 saturated heterocycles. The maximum Gasteiger partial charge on any atom is 0.425 e. The van der Waals surface area contributed by atoms with Gasteiger partial charge >= 0.3 is 6.18 Å². The van der Waals surface area contributed by atoms with Gasteiger partial charge in [-0.25, -0.2) is 0 Å². The second kappa shape index (κ2) is 4.55. The summed E-state index contributed by atoms with van der Waals surface area (Å²) in [5.41, 5.74) is 0.786. The van der Waals surface area contributed by atoms with Gasteiger partial charge in [-0.1, -0.05) is 25.1 Å². The summed E-state index contributed by atoms with van der Waals surface area (Å²) in [4.78, 5) is 0. The lowest BCUT2D eigenvalue weighted by Crippen LogP contribution is -2.31. The number of aryl methyl sites for hydroxylation is 1. The molecule has 0 heterocycles. The average Bonchev–Trinajstić information content (AvgIpc) is 2.17. The first-order chi connectivity index (χ1) is 6.95. The summed E-state index contributed by atoms with van der Waals surface area (Å²) in [6.07, 6.45) is -5.44. The van der Waals surface area contributed by atoms with Crippen LogP contribution in [0.4, 0.5) is 13.2 Å². The molecule has 1 nitrogen and oxygen atoms in total. The van der Waals surface area contributed by atoms with Crippen LogP contribution in [-0.4, -0.2) is 12.3 Å². The van der Waals surface area contributed by atoms with Crippen LogP contribution in [0.2, 0.25) is 0 Å². The second-order valence-corrected chi connectivity index (χ2v) is 3.26.